The molecule has 0 fully saturated rings. The molecule has 0 amide bonds. The average molecular weight is 347 g/mol. The zero-order valence-corrected chi connectivity index (χ0v) is 17.5. The van der Waals surface area contributed by atoms with E-state index in [0.717, 1.165) is 18.6 Å². The minimum absolute atomic E-state index is 0.181. The van der Waals surface area contributed by atoms with Gasteiger partial charge in [0.25, 0.3) is 0 Å². The third-order valence-corrected chi connectivity index (χ3v) is 4.63. The summed E-state index contributed by atoms with van der Waals surface area (Å²) in [6.45, 7) is 12.9. The van der Waals surface area contributed by atoms with E-state index in [4.69, 9.17) is 9.47 Å². The Hall–Kier alpha value is 0.270. The van der Waals surface area contributed by atoms with Gasteiger partial charge in [-0.25, -0.2) is 0 Å². The summed E-state index contributed by atoms with van der Waals surface area (Å²) in [5.41, 5.74) is 0. The molecule has 23 heavy (non-hydrogen) atoms. The van der Waals surface area contributed by atoms with Gasteiger partial charge in [0.1, 0.15) is 0 Å². The molecule has 3 heteroatoms. The number of ether oxygens (including phenoxy) is 2. The van der Waals surface area contributed by atoms with E-state index in [0.29, 0.717) is 5.92 Å². The maximum absolute atomic E-state index is 6.35. The lowest BCUT2D eigenvalue weighted by Crippen LogP contribution is -2.47. The summed E-state index contributed by atoms with van der Waals surface area (Å²) in [6, 6.07) is 0. The van der Waals surface area contributed by atoms with E-state index in [1.54, 1.807) is 0 Å². The van der Waals surface area contributed by atoms with E-state index >= 15 is 0 Å². The molecular formula is C20H42O2S. The molecule has 0 N–H and O–H groups in total. The van der Waals surface area contributed by atoms with Crippen molar-refractivity contribution in [2.24, 2.45) is 5.92 Å². The molecule has 0 aliphatic rings. The summed E-state index contributed by atoms with van der Waals surface area (Å²) < 4.78 is 12.7. The predicted octanol–water partition coefficient (Wildman–Crippen LogP) is 6.63. The molecule has 1 atom stereocenters. The predicted molar refractivity (Wildman–Crippen MR) is 105 cm³/mol. The zero-order valence-electron chi connectivity index (χ0n) is 16.6. The van der Waals surface area contributed by atoms with Crippen molar-refractivity contribution in [1.82, 2.24) is 0 Å². The molecule has 0 saturated heterocycles. The Labute approximate surface area is 151 Å². The van der Waals surface area contributed by atoms with Crippen LogP contribution in [0.4, 0.5) is 0 Å². The average Bonchev–Trinajstić information content (AvgIpc) is 2.47. The van der Waals surface area contributed by atoms with Crippen molar-refractivity contribution in [3.8, 4) is 0 Å². The van der Waals surface area contributed by atoms with Crippen LogP contribution in [0.1, 0.15) is 99.3 Å². The Kier molecular flexibility index (Phi) is 13.7. The van der Waals surface area contributed by atoms with Crippen molar-refractivity contribution in [2.75, 3.05) is 5.75 Å². The molecule has 0 rings (SSSR count). The van der Waals surface area contributed by atoms with Crippen LogP contribution in [0.2, 0.25) is 0 Å². The van der Waals surface area contributed by atoms with Gasteiger partial charge in [0.2, 0.25) is 0 Å². The highest BCUT2D eigenvalue weighted by Crippen LogP contribution is 2.36. The monoisotopic (exact) mass is 346 g/mol. The van der Waals surface area contributed by atoms with Crippen LogP contribution in [-0.2, 0) is 9.47 Å². The molecule has 1 unspecified atom stereocenters. The van der Waals surface area contributed by atoms with Gasteiger partial charge >= 0.3 is 0 Å². The summed E-state index contributed by atoms with van der Waals surface area (Å²) >= 11 is 4.49. The first-order chi connectivity index (χ1) is 10.9. The highest BCUT2D eigenvalue weighted by molar-refractivity contribution is 7.80. The number of hydrogen-bond donors (Lipinski definition) is 1. The second-order valence-electron chi connectivity index (χ2n) is 7.26. The minimum atomic E-state index is -0.450. The van der Waals surface area contributed by atoms with Gasteiger partial charge in [-0.15, -0.1) is 0 Å². The molecule has 0 aromatic carbocycles. The number of thiol groups is 1. The van der Waals surface area contributed by atoms with Gasteiger partial charge in [-0.2, -0.15) is 12.6 Å². The van der Waals surface area contributed by atoms with Crippen molar-refractivity contribution < 1.29 is 9.47 Å². The fourth-order valence-electron chi connectivity index (χ4n) is 3.38. The molecule has 0 heterocycles. The summed E-state index contributed by atoms with van der Waals surface area (Å²) in [4.78, 5) is 0. The molecule has 140 valence electrons. The first-order valence-electron chi connectivity index (χ1n) is 9.88. The number of hydrogen-bond acceptors (Lipinski definition) is 3. The molecule has 0 bridgehead atoms. The van der Waals surface area contributed by atoms with Crippen LogP contribution in [0.15, 0.2) is 0 Å². The van der Waals surface area contributed by atoms with Crippen LogP contribution in [0.25, 0.3) is 0 Å². The highest BCUT2D eigenvalue weighted by Gasteiger charge is 2.40. The van der Waals surface area contributed by atoms with E-state index in [2.05, 4.69) is 54.2 Å². The van der Waals surface area contributed by atoms with E-state index in [1.165, 1.54) is 44.9 Å². The van der Waals surface area contributed by atoms with Gasteiger partial charge in [-0.1, -0.05) is 52.4 Å². The zero-order chi connectivity index (χ0) is 17.7. The SMILES string of the molecule is CCCCCCCCC(CCS)C(CC)(OC(C)C)OC(C)C. The van der Waals surface area contributed by atoms with Gasteiger partial charge in [0.05, 0.1) is 12.2 Å². The molecule has 0 radical (unpaired) electrons. The Morgan fingerprint density at radius 2 is 1.30 bits per heavy atom. The van der Waals surface area contributed by atoms with Crippen LogP contribution in [0.5, 0.6) is 0 Å². The van der Waals surface area contributed by atoms with Crippen molar-refractivity contribution in [3.05, 3.63) is 0 Å². The van der Waals surface area contributed by atoms with Crippen LogP contribution in [0, 0.1) is 5.92 Å². The quantitative estimate of drug-likeness (QED) is 0.204. The normalized spacial score (nSPS) is 14.0. The first kappa shape index (κ1) is 23.3. The highest BCUT2D eigenvalue weighted by atomic mass is 32.1. The second kappa shape index (κ2) is 13.5. The molecule has 0 aromatic rings. The summed E-state index contributed by atoms with van der Waals surface area (Å²) in [5, 5.41) is 0. The van der Waals surface area contributed by atoms with Crippen LogP contribution >= 0.6 is 12.6 Å². The van der Waals surface area contributed by atoms with Gasteiger partial charge in [-0.3, -0.25) is 0 Å². The van der Waals surface area contributed by atoms with Crippen LogP contribution in [-0.4, -0.2) is 23.7 Å². The van der Waals surface area contributed by atoms with Gasteiger partial charge < -0.3 is 9.47 Å². The lowest BCUT2D eigenvalue weighted by Gasteiger charge is -2.42. The fourth-order valence-corrected chi connectivity index (χ4v) is 3.70. The van der Waals surface area contributed by atoms with E-state index in [1.807, 2.05) is 0 Å². The maximum atomic E-state index is 6.35. The summed E-state index contributed by atoms with van der Waals surface area (Å²) in [5.74, 6) is 0.876. The smallest absolute Gasteiger partial charge is 0.171 e. The van der Waals surface area contributed by atoms with E-state index in [9.17, 15) is 0 Å². The van der Waals surface area contributed by atoms with Gasteiger partial charge in [0, 0.05) is 5.92 Å². The molecular weight excluding hydrogens is 304 g/mol. The van der Waals surface area contributed by atoms with Crippen molar-refractivity contribution in [3.63, 3.8) is 0 Å². The minimum Gasteiger partial charge on any atom is -0.347 e. The molecule has 0 saturated carbocycles. The van der Waals surface area contributed by atoms with Crippen LogP contribution < -0.4 is 0 Å². The van der Waals surface area contributed by atoms with Crippen molar-refractivity contribution in [2.45, 2.75) is 117 Å². The standard InChI is InChI=1S/C20H42O2S/c1-7-9-10-11-12-13-14-19(15-16-23)20(8-2,21-17(3)4)22-18(5)6/h17-19,23H,7-16H2,1-6H3. The number of unbranched alkanes of at least 4 members (excludes halogenated alkanes) is 5. The molecule has 0 aliphatic heterocycles. The molecule has 2 nitrogen and oxygen atoms in total. The van der Waals surface area contributed by atoms with Crippen LogP contribution in [0.3, 0.4) is 0 Å². The van der Waals surface area contributed by atoms with E-state index < -0.39 is 5.79 Å². The molecule has 0 spiro atoms. The van der Waals surface area contributed by atoms with Crippen molar-refractivity contribution >= 4 is 12.6 Å². The van der Waals surface area contributed by atoms with Gasteiger partial charge in [-0.05, 0) is 52.7 Å². The Morgan fingerprint density at radius 3 is 1.74 bits per heavy atom. The Morgan fingerprint density at radius 1 is 0.783 bits per heavy atom. The Balaban J connectivity index is 4.76. The Bertz CT molecular complexity index is 256. The summed E-state index contributed by atoms with van der Waals surface area (Å²) in [6.07, 6.45) is 11.5. The third-order valence-electron chi connectivity index (χ3n) is 4.37. The third kappa shape index (κ3) is 9.99. The summed E-state index contributed by atoms with van der Waals surface area (Å²) in [7, 11) is 0. The lowest BCUT2D eigenvalue weighted by atomic mass is 9.87. The van der Waals surface area contributed by atoms with E-state index in [-0.39, 0.29) is 12.2 Å². The first-order valence-corrected chi connectivity index (χ1v) is 10.5. The topological polar surface area (TPSA) is 18.5 Å². The molecule has 0 aliphatic carbocycles. The van der Waals surface area contributed by atoms with Crippen molar-refractivity contribution in [1.29, 1.82) is 0 Å². The lowest BCUT2D eigenvalue weighted by molar-refractivity contribution is -0.298. The second-order valence-corrected chi connectivity index (χ2v) is 7.71. The molecule has 0 aromatic heterocycles. The maximum Gasteiger partial charge on any atom is 0.171 e. The number of rotatable bonds is 15. The van der Waals surface area contributed by atoms with Gasteiger partial charge in [0.15, 0.2) is 5.79 Å². The fraction of sp³-hybridized carbons (Fsp3) is 1.00. The largest absolute Gasteiger partial charge is 0.347 e.